The van der Waals surface area contributed by atoms with E-state index in [1.807, 2.05) is 0 Å². The van der Waals surface area contributed by atoms with Crippen molar-refractivity contribution in [2.75, 3.05) is 0 Å². The summed E-state index contributed by atoms with van der Waals surface area (Å²) in [6, 6.07) is 17.0. The van der Waals surface area contributed by atoms with Gasteiger partial charge in [0.05, 0.1) is 5.69 Å². The lowest BCUT2D eigenvalue weighted by Crippen LogP contribution is -1.81. The van der Waals surface area contributed by atoms with Gasteiger partial charge in [-0.1, -0.05) is 48.2 Å². The predicted molar refractivity (Wildman–Crippen MR) is 78.6 cm³/mol. The van der Waals surface area contributed by atoms with E-state index < -0.39 is 0 Å². The Labute approximate surface area is 110 Å². The van der Waals surface area contributed by atoms with Gasteiger partial charge in [-0.25, -0.2) is 0 Å². The Balaban J connectivity index is 2.14. The van der Waals surface area contributed by atoms with Crippen LogP contribution in [0.4, 0.5) is 0 Å². The molecule has 0 fully saturated rings. The van der Waals surface area contributed by atoms with Gasteiger partial charge in [0, 0.05) is 26.9 Å². The fourth-order valence-corrected chi connectivity index (χ4v) is 3.31. The quantitative estimate of drug-likeness (QED) is 0.598. The normalized spacial score (nSPS) is 13.1. The maximum absolute atomic E-state index is 3.55. The Bertz CT molecular complexity index is 768. The van der Waals surface area contributed by atoms with Crippen LogP contribution in [0.25, 0.3) is 28.2 Å². The maximum atomic E-state index is 3.55. The number of aromatic nitrogens is 1. The monoisotopic (exact) mass is 249 g/mol. The number of benzene rings is 2. The average Bonchev–Trinajstić information content (AvgIpc) is 2.69. The van der Waals surface area contributed by atoms with Gasteiger partial charge >= 0.3 is 0 Å². The molecular formula is C16H11NS. The molecule has 86 valence electrons. The first kappa shape index (κ1) is 10.0. The minimum absolute atomic E-state index is 1.20. The summed E-state index contributed by atoms with van der Waals surface area (Å²) in [7, 11) is 0. The van der Waals surface area contributed by atoms with E-state index in [-0.39, 0.29) is 0 Å². The number of hydrogen-bond donors (Lipinski definition) is 1. The molecule has 0 saturated carbocycles. The molecule has 0 unspecified atom stereocenters. The minimum atomic E-state index is 1.20. The van der Waals surface area contributed by atoms with Crippen LogP contribution in [0, 0.1) is 0 Å². The van der Waals surface area contributed by atoms with Crippen LogP contribution in [0.2, 0.25) is 0 Å². The second-order valence-corrected chi connectivity index (χ2v) is 5.32. The van der Waals surface area contributed by atoms with Crippen molar-refractivity contribution in [3.63, 3.8) is 0 Å². The van der Waals surface area contributed by atoms with Gasteiger partial charge in [-0.2, -0.15) is 0 Å². The highest BCUT2D eigenvalue weighted by Crippen LogP contribution is 2.40. The molecule has 1 aliphatic heterocycles. The van der Waals surface area contributed by atoms with E-state index in [2.05, 4.69) is 65.0 Å². The van der Waals surface area contributed by atoms with Crippen LogP contribution in [0.5, 0.6) is 0 Å². The van der Waals surface area contributed by atoms with Crippen molar-refractivity contribution in [1.29, 1.82) is 0 Å². The number of para-hydroxylation sites is 1. The molecule has 0 radical (unpaired) electrons. The fourth-order valence-electron chi connectivity index (χ4n) is 2.50. The molecule has 4 rings (SSSR count). The largest absolute Gasteiger partial charge is 0.354 e. The molecule has 0 amide bonds. The number of aromatic amines is 1. The summed E-state index contributed by atoms with van der Waals surface area (Å²) in [5, 5.41) is 3.46. The summed E-state index contributed by atoms with van der Waals surface area (Å²) in [4.78, 5) is 4.85. The van der Waals surface area contributed by atoms with E-state index >= 15 is 0 Å². The van der Waals surface area contributed by atoms with E-state index in [0.717, 1.165) is 0 Å². The Morgan fingerprint density at radius 1 is 0.889 bits per heavy atom. The SMILES string of the molecule is C1=Cc2c([nH]c3ccccc23)-c2ccccc2S1. The van der Waals surface area contributed by atoms with Crippen molar-refractivity contribution < 1.29 is 0 Å². The van der Waals surface area contributed by atoms with Crippen molar-refractivity contribution in [3.05, 3.63) is 59.5 Å². The lowest BCUT2D eigenvalue weighted by molar-refractivity contribution is 1.38. The number of hydrogen-bond acceptors (Lipinski definition) is 1. The Morgan fingerprint density at radius 2 is 1.72 bits per heavy atom. The molecule has 2 heterocycles. The zero-order chi connectivity index (χ0) is 11.9. The highest BCUT2D eigenvalue weighted by molar-refractivity contribution is 8.02. The van der Waals surface area contributed by atoms with E-state index in [1.54, 1.807) is 11.8 Å². The maximum Gasteiger partial charge on any atom is 0.0550 e. The van der Waals surface area contributed by atoms with Crippen LogP contribution in [0.3, 0.4) is 0 Å². The third-order valence-corrected chi connectivity index (χ3v) is 4.21. The molecule has 2 heteroatoms. The second-order valence-electron chi connectivity index (χ2n) is 4.38. The summed E-state index contributed by atoms with van der Waals surface area (Å²) in [6.45, 7) is 0. The predicted octanol–water partition coefficient (Wildman–Crippen LogP) is 4.91. The van der Waals surface area contributed by atoms with Crippen LogP contribution >= 0.6 is 11.8 Å². The van der Waals surface area contributed by atoms with Gasteiger partial charge in [0.25, 0.3) is 0 Å². The van der Waals surface area contributed by atoms with Gasteiger partial charge in [0.1, 0.15) is 0 Å². The molecule has 1 aliphatic rings. The molecule has 3 aromatic rings. The van der Waals surface area contributed by atoms with E-state index in [1.165, 1.54) is 32.6 Å². The molecule has 0 bridgehead atoms. The number of rotatable bonds is 0. The highest BCUT2D eigenvalue weighted by Gasteiger charge is 2.15. The van der Waals surface area contributed by atoms with Gasteiger partial charge in [-0.05, 0) is 23.6 Å². The lowest BCUT2D eigenvalue weighted by Gasteiger charge is -2.03. The van der Waals surface area contributed by atoms with Crippen molar-refractivity contribution >= 4 is 28.7 Å². The summed E-state index contributed by atoms with van der Waals surface area (Å²) in [5.41, 5.74) is 5.02. The molecule has 0 aliphatic carbocycles. The van der Waals surface area contributed by atoms with Gasteiger partial charge in [-0.15, -0.1) is 0 Å². The van der Waals surface area contributed by atoms with E-state index in [9.17, 15) is 0 Å². The van der Waals surface area contributed by atoms with Crippen molar-refractivity contribution in [2.45, 2.75) is 4.90 Å². The highest BCUT2D eigenvalue weighted by atomic mass is 32.2. The third kappa shape index (κ3) is 1.36. The number of H-pyrrole nitrogens is 1. The first-order valence-corrected chi connectivity index (χ1v) is 6.85. The molecule has 0 atom stereocenters. The molecule has 1 aromatic heterocycles. The molecular weight excluding hydrogens is 238 g/mol. The van der Waals surface area contributed by atoms with Crippen LogP contribution in [0.15, 0.2) is 58.8 Å². The van der Waals surface area contributed by atoms with Crippen LogP contribution in [-0.4, -0.2) is 4.98 Å². The van der Waals surface area contributed by atoms with Crippen molar-refractivity contribution in [1.82, 2.24) is 4.98 Å². The molecule has 1 N–H and O–H groups in total. The Morgan fingerprint density at radius 3 is 2.72 bits per heavy atom. The van der Waals surface area contributed by atoms with Gasteiger partial charge < -0.3 is 4.98 Å². The summed E-state index contributed by atoms with van der Waals surface area (Å²) >= 11 is 1.78. The lowest BCUT2D eigenvalue weighted by atomic mass is 10.1. The molecule has 0 spiro atoms. The summed E-state index contributed by atoms with van der Waals surface area (Å²) < 4.78 is 0. The fraction of sp³-hybridized carbons (Fsp3) is 0. The van der Waals surface area contributed by atoms with Crippen LogP contribution in [0.1, 0.15) is 5.56 Å². The van der Waals surface area contributed by atoms with Crippen molar-refractivity contribution in [3.8, 4) is 11.3 Å². The van der Waals surface area contributed by atoms with E-state index in [4.69, 9.17) is 0 Å². The summed E-state index contributed by atoms with van der Waals surface area (Å²) in [6.07, 6.45) is 2.21. The Hall–Kier alpha value is -1.93. The third-order valence-electron chi connectivity index (χ3n) is 3.33. The van der Waals surface area contributed by atoms with Crippen molar-refractivity contribution in [2.24, 2.45) is 0 Å². The average molecular weight is 249 g/mol. The molecule has 1 nitrogen and oxygen atoms in total. The number of fused-ring (bicyclic) bond motifs is 5. The smallest absolute Gasteiger partial charge is 0.0550 e. The molecule has 0 saturated heterocycles. The standard InChI is InChI=1S/C16H11NS/c1-3-7-14-11(5-1)12-9-10-18-15-8-4-2-6-13(15)16(12)17-14/h1-10,17H. The number of nitrogens with one attached hydrogen (secondary N) is 1. The summed E-state index contributed by atoms with van der Waals surface area (Å²) in [5.74, 6) is 0. The van der Waals surface area contributed by atoms with Gasteiger partial charge in [0.15, 0.2) is 0 Å². The number of thioether (sulfide) groups is 1. The molecule has 18 heavy (non-hydrogen) atoms. The molecule has 2 aromatic carbocycles. The zero-order valence-electron chi connectivity index (χ0n) is 9.68. The first-order valence-electron chi connectivity index (χ1n) is 5.97. The van der Waals surface area contributed by atoms with Gasteiger partial charge in [-0.3, -0.25) is 0 Å². The van der Waals surface area contributed by atoms with Crippen LogP contribution in [-0.2, 0) is 0 Å². The van der Waals surface area contributed by atoms with Gasteiger partial charge in [0.2, 0.25) is 0 Å². The van der Waals surface area contributed by atoms with Crippen LogP contribution < -0.4 is 0 Å². The topological polar surface area (TPSA) is 15.8 Å². The van der Waals surface area contributed by atoms with E-state index in [0.29, 0.717) is 0 Å². The minimum Gasteiger partial charge on any atom is -0.354 e. The Kier molecular flexibility index (Phi) is 2.11. The second kappa shape index (κ2) is 3.79. The first-order chi connectivity index (χ1) is 8.93. The zero-order valence-corrected chi connectivity index (χ0v) is 10.5.